The van der Waals surface area contributed by atoms with Crippen molar-refractivity contribution >= 4 is 24.0 Å². The van der Waals surface area contributed by atoms with E-state index in [2.05, 4.69) is 0 Å². The third-order valence-corrected chi connectivity index (χ3v) is 4.43. The van der Waals surface area contributed by atoms with Crippen LogP contribution in [0.3, 0.4) is 0 Å². The van der Waals surface area contributed by atoms with Crippen LogP contribution in [0.5, 0.6) is 5.75 Å². The number of carbonyl (C=O) groups excluding carboxylic acids is 4. The summed E-state index contributed by atoms with van der Waals surface area (Å²) in [6, 6.07) is 4.01. The first kappa shape index (κ1) is 23.2. The molecule has 1 amide bonds. The molecule has 1 aliphatic rings. The van der Waals surface area contributed by atoms with Crippen molar-refractivity contribution in [3.8, 4) is 5.75 Å². The third kappa shape index (κ3) is 6.20. The number of piperidine rings is 1. The third-order valence-electron chi connectivity index (χ3n) is 4.43. The maximum atomic E-state index is 12.7. The summed E-state index contributed by atoms with van der Waals surface area (Å²) in [5, 5.41) is 0. The van der Waals surface area contributed by atoms with Crippen molar-refractivity contribution in [3.63, 3.8) is 0 Å². The summed E-state index contributed by atoms with van der Waals surface area (Å²) in [6.07, 6.45) is 0.718. The number of benzene rings is 1. The lowest BCUT2D eigenvalue weighted by molar-refractivity contribution is -0.140. The predicted octanol–water partition coefficient (Wildman–Crippen LogP) is 2.81. The second-order valence-electron chi connectivity index (χ2n) is 6.59. The zero-order chi connectivity index (χ0) is 22.1. The average Bonchev–Trinajstić information content (AvgIpc) is 2.74. The Bertz CT molecular complexity index is 755. The van der Waals surface area contributed by atoms with Gasteiger partial charge in [-0.15, -0.1) is 0 Å². The Hall–Kier alpha value is -3.10. The molecule has 0 N–H and O–H groups in total. The number of carbonyl (C=O) groups is 4. The highest BCUT2D eigenvalue weighted by molar-refractivity contribution is 5.96. The molecule has 0 radical (unpaired) electrons. The molecular formula is C21H27NO8. The standard InChI is InChI=1S/C21H27NO8/c1-4-27-18(23)15-10-16(19(24)28-5-2)12-17(11-15)30-20(25)14-8-7-9-22(13-14)21(26)29-6-3/h10-12,14H,4-9,13H2,1-3H3/t14-/m0/s1. The topological polar surface area (TPSA) is 108 Å². The van der Waals surface area contributed by atoms with E-state index in [0.717, 1.165) is 0 Å². The molecule has 1 fully saturated rings. The van der Waals surface area contributed by atoms with E-state index in [9.17, 15) is 19.2 Å². The van der Waals surface area contributed by atoms with Gasteiger partial charge in [0.1, 0.15) is 5.75 Å². The fourth-order valence-corrected chi connectivity index (χ4v) is 3.07. The fourth-order valence-electron chi connectivity index (χ4n) is 3.07. The van der Waals surface area contributed by atoms with Crippen LogP contribution in [-0.2, 0) is 19.0 Å². The van der Waals surface area contributed by atoms with Gasteiger partial charge in [0.05, 0.1) is 36.9 Å². The Morgan fingerprint density at radius 1 is 0.900 bits per heavy atom. The van der Waals surface area contributed by atoms with Gasteiger partial charge < -0.3 is 23.8 Å². The van der Waals surface area contributed by atoms with E-state index in [-0.39, 0.29) is 43.2 Å². The van der Waals surface area contributed by atoms with Crippen LogP contribution in [0.15, 0.2) is 18.2 Å². The first-order valence-corrected chi connectivity index (χ1v) is 10.0. The SMILES string of the molecule is CCOC(=O)c1cc(OC(=O)[C@H]2CCCN(C(=O)OCC)C2)cc(C(=O)OCC)c1. The summed E-state index contributed by atoms with van der Waals surface area (Å²) in [6.45, 7) is 6.28. The van der Waals surface area contributed by atoms with Crippen molar-refractivity contribution in [3.05, 3.63) is 29.3 Å². The molecule has 0 spiro atoms. The molecule has 0 saturated carbocycles. The normalized spacial score (nSPS) is 15.8. The average molecular weight is 421 g/mol. The number of esters is 3. The zero-order valence-corrected chi connectivity index (χ0v) is 17.5. The van der Waals surface area contributed by atoms with Gasteiger partial charge in [-0.3, -0.25) is 4.79 Å². The predicted molar refractivity (Wildman–Crippen MR) is 105 cm³/mol. The summed E-state index contributed by atoms with van der Waals surface area (Å²) in [5.74, 6) is -2.36. The summed E-state index contributed by atoms with van der Waals surface area (Å²) in [4.78, 5) is 50.3. The number of rotatable bonds is 7. The van der Waals surface area contributed by atoms with Crippen LogP contribution in [-0.4, -0.2) is 61.8 Å². The molecule has 0 aromatic heterocycles. The van der Waals surface area contributed by atoms with Crippen molar-refractivity contribution in [2.45, 2.75) is 33.6 Å². The molecule has 1 saturated heterocycles. The Kier molecular flexibility index (Phi) is 8.64. The fraction of sp³-hybridized carbons (Fsp3) is 0.524. The molecular weight excluding hydrogens is 394 g/mol. The number of amides is 1. The van der Waals surface area contributed by atoms with Crippen LogP contribution in [0, 0.1) is 5.92 Å². The number of hydrogen-bond donors (Lipinski definition) is 0. The minimum atomic E-state index is -0.646. The Morgan fingerprint density at radius 2 is 1.47 bits per heavy atom. The Balaban J connectivity index is 2.18. The van der Waals surface area contributed by atoms with E-state index < -0.39 is 29.9 Å². The molecule has 1 atom stereocenters. The molecule has 9 nitrogen and oxygen atoms in total. The van der Waals surface area contributed by atoms with Crippen LogP contribution in [0.4, 0.5) is 4.79 Å². The van der Waals surface area contributed by atoms with Gasteiger partial charge in [-0.1, -0.05) is 0 Å². The smallest absolute Gasteiger partial charge is 0.409 e. The van der Waals surface area contributed by atoms with Crippen molar-refractivity contribution in [2.24, 2.45) is 5.92 Å². The highest BCUT2D eigenvalue weighted by Crippen LogP contribution is 2.23. The highest BCUT2D eigenvalue weighted by Gasteiger charge is 2.31. The quantitative estimate of drug-likeness (QED) is 0.376. The van der Waals surface area contributed by atoms with Gasteiger partial charge in [0, 0.05) is 13.1 Å². The van der Waals surface area contributed by atoms with Crippen molar-refractivity contribution < 1.29 is 38.1 Å². The molecule has 1 heterocycles. The maximum absolute atomic E-state index is 12.7. The second kappa shape index (κ2) is 11.2. The van der Waals surface area contributed by atoms with Gasteiger partial charge in [0.25, 0.3) is 0 Å². The molecule has 164 valence electrons. The van der Waals surface area contributed by atoms with Crippen molar-refractivity contribution in [2.75, 3.05) is 32.9 Å². The molecule has 0 unspecified atom stereocenters. The maximum Gasteiger partial charge on any atom is 0.409 e. The van der Waals surface area contributed by atoms with Crippen LogP contribution < -0.4 is 4.74 Å². The first-order valence-electron chi connectivity index (χ1n) is 10.0. The van der Waals surface area contributed by atoms with Crippen LogP contribution in [0.1, 0.15) is 54.3 Å². The monoisotopic (exact) mass is 421 g/mol. The molecule has 0 bridgehead atoms. The molecule has 1 aromatic rings. The molecule has 9 heteroatoms. The summed E-state index contributed by atoms with van der Waals surface area (Å²) in [5.41, 5.74) is 0.143. The Morgan fingerprint density at radius 3 is 2.00 bits per heavy atom. The summed E-state index contributed by atoms with van der Waals surface area (Å²) < 4.78 is 20.4. The van der Waals surface area contributed by atoms with Crippen LogP contribution in [0.25, 0.3) is 0 Å². The van der Waals surface area contributed by atoms with Crippen LogP contribution >= 0.6 is 0 Å². The minimum Gasteiger partial charge on any atom is -0.462 e. The van der Waals surface area contributed by atoms with E-state index in [1.54, 1.807) is 20.8 Å². The zero-order valence-electron chi connectivity index (χ0n) is 17.5. The van der Waals surface area contributed by atoms with Gasteiger partial charge >= 0.3 is 24.0 Å². The number of ether oxygens (including phenoxy) is 4. The number of hydrogen-bond acceptors (Lipinski definition) is 8. The molecule has 1 aliphatic heterocycles. The van der Waals surface area contributed by atoms with Gasteiger partial charge in [0.2, 0.25) is 0 Å². The minimum absolute atomic E-state index is 0.0295. The van der Waals surface area contributed by atoms with Crippen LogP contribution in [0.2, 0.25) is 0 Å². The molecule has 0 aliphatic carbocycles. The number of likely N-dealkylation sites (tertiary alicyclic amines) is 1. The summed E-state index contributed by atoms with van der Waals surface area (Å²) in [7, 11) is 0. The van der Waals surface area contributed by atoms with E-state index >= 15 is 0 Å². The first-order chi connectivity index (χ1) is 14.4. The summed E-state index contributed by atoms with van der Waals surface area (Å²) >= 11 is 0. The van der Waals surface area contributed by atoms with Crippen molar-refractivity contribution in [1.82, 2.24) is 4.90 Å². The molecule has 1 aromatic carbocycles. The van der Waals surface area contributed by atoms with E-state index in [4.69, 9.17) is 18.9 Å². The van der Waals surface area contributed by atoms with E-state index in [1.807, 2.05) is 0 Å². The van der Waals surface area contributed by atoms with E-state index in [1.165, 1.54) is 23.1 Å². The second-order valence-corrected chi connectivity index (χ2v) is 6.59. The lowest BCUT2D eigenvalue weighted by Gasteiger charge is -2.30. The van der Waals surface area contributed by atoms with Gasteiger partial charge in [-0.05, 0) is 51.8 Å². The largest absolute Gasteiger partial charge is 0.462 e. The van der Waals surface area contributed by atoms with Gasteiger partial charge in [-0.25, -0.2) is 14.4 Å². The Labute approximate surface area is 175 Å². The molecule has 30 heavy (non-hydrogen) atoms. The lowest BCUT2D eigenvalue weighted by Crippen LogP contribution is -2.43. The van der Waals surface area contributed by atoms with E-state index in [0.29, 0.717) is 19.4 Å². The lowest BCUT2D eigenvalue weighted by atomic mass is 9.98. The van der Waals surface area contributed by atoms with Gasteiger partial charge in [-0.2, -0.15) is 0 Å². The number of nitrogens with zero attached hydrogens (tertiary/aromatic N) is 1. The highest BCUT2D eigenvalue weighted by atomic mass is 16.6. The van der Waals surface area contributed by atoms with Crippen molar-refractivity contribution in [1.29, 1.82) is 0 Å². The van der Waals surface area contributed by atoms with Gasteiger partial charge in [0.15, 0.2) is 0 Å². The molecule has 2 rings (SSSR count).